The molecular formula is C24H17Cl2F3N4O2S. The molecule has 1 heterocycles. The van der Waals surface area contributed by atoms with Gasteiger partial charge in [0.25, 0.3) is 5.91 Å². The van der Waals surface area contributed by atoms with Crippen LogP contribution in [0.1, 0.15) is 24.0 Å². The molecule has 3 aromatic rings. The van der Waals surface area contributed by atoms with E-state index in [0.717, 1.165) is 17.7 Å². The van der Waals surface area contributed by atoms with Gasteiger partial charge in [0.1, 0.15) is 5.54 Å². The van der Waals surface area contributed by atoms with Crippen LogP contribution in [0.15, 0.2) is 59.3 Å². The van der Waals surface area contributed by atoms with Gasteiger partial charge < -0.3 is 16.0 Å². The lowest BCUT2D eigenvalue weighted by Gasteiger charge is -2.23. The minimum Gasteiger partial charge on any atom is -0.335 e. The van der Waals surface area contributed by atoms with Crippen molar-refractivity contribution < 1.29 is 22.8 Å². The molecule has 0 unspecified atom stereocenters. The molecule has 1 aromatic heterocycles. The zero-order valence-electron chi connectivity index (χ0n) is 18.2. The average Bonchev–Trinajstić information content (AvgIpc) is 3.38. The van der Waals surface area contributed by atoms with E-state index >= 15 is 0 Å². The van der Waals surface area contributed by atoms with Gasteiger partial charge in [0, 0.05) is 11.3 Å². The zero-order valence-corrected chi connectivity index (χ0v) is 20.6. The number of halogens is 5. The van der Waals surface area contributed by atoms with Gasteiger partial charge in [-0.1, -0.05) is 41.4 Å². The van der Waals surface area contributed by atoms with Gasteiger partial charge in [0.05, 0.1) is 17.3 Å². The molecule has 0 bridgehead atoms. The van der Waals surface area contributed by atoms with E-state index in [9.17, 15) is 28.0 Å². The lowest BCUT2D eigenvalue weighted by Crippen LogP contribution is -2.43. The Labute approximate surface area is 218 Å². The van der Waals surface area contributed by atoms with Crippen LogP contribution in [-0.4, -0.2) is 17.5 Å². The Kier molecular flexibility index (Phi) is 6.92. The van der Waals surface area contributed by atoms with Crippen LogP contribution < -0.4 is 16.0 Å². The van der Waals surface area contributed by atoms with Crippen molar-refractivity contribution >= 4 is 57.9 Å². The molecule has 3 N–H and O–H groups in total. The first kappa shape index (κ1) is 25.8. The normalized spacial score (nSPS) is 14.4. The number of alkyl halides is 5. The summed E-state index contributed by atoms with van der Waals surface area (Å²) in [5.41, 5.74) is -0.298. The molecule has 2 aromatic carbocycles. The molecule has 1 saturated carbocycles. The fraction of sp³-hybridized carbons (Fsp3) is 0.208. The van der Waals surface area contributed by atoms with Crippen molar-refractivity contribution in [2.24, 2.45) is 0 Å². The summed E-state index contributed by atoms with van der Waals surface area (Å²) in [5.74, 6) is -0.785. The van der Waals surface area contributed by atoms with Crippen LogP contribution in [0.3, 0.4) is 0 Å². The molecule has 12 heteroatoms. The fourth-order valence-electron chi connectivity index (χ4n) is 3.39. The van der Waals surface area contributed by atoms with Gasteiger partial charge in [-0.15, -0.1) is 0 Å². The van der Waals surface area contributed by atoms with E-state index in [2.05, 4.69) is 16.0 Å². The maximum absolute atomic E-state index is 13.0. The highest BCUT2D eigenvalue weighted by Gasteiger charge is 2.49. The fourth-order valence-corrected chi connectivity index (χ4v) is 4.37. The highest BCUT2D eigenvalue weighted by molar-refractivity contribution is 7.08. The highest BCUT2D eigenvalue weighted by atomic mass is 35.5. The third-order valence-corrected chi connectivity index (χ3v) is 6.98. The van der Waals surface area contributed by atoms with Crippen LogP contribution in [0, 0.1) is 11.3 Å². The molecule has 36 heavy (non-hydrogen) atoms. The highest BCUT2D eigenvalue weighted by Crippen LogP contribution is 2.42. The van der Waals surface area contributed by atoms with Crippen LogP contribution in [0.2, 0.25) is 0 Å². The van der Waals surface area contributed by atoms with E-state index in [4.69, 9.17) is 23.2 Å². The molecule has 4 rings (SSSR count). The number of carbonyl (C=O) groups is 2. The van der Waals surface area contributed by atoms with Crippen molar-refractivity contribution in [3.05, 3.63) is 70.4 Å². The van der Waals surface area contributed by atoms with Crippen LogP contribution in [0.5, 0.6) is 0 Å². The average molecular weight is 553 g/mol. The van der Waals surface area contributed by atoms with Crippen molar-refractivity contribution in [3.63, 3.8) is 0 Å². The first-order valence-corrected chi connectivity index (χ1v) is 12.2. The van der Waals surface area contributed by atoms with Crippen LogP contribution in [0.25, 0.3) is 11.1 Å². The number of thiophene rings is 1. The molecule has 0 spiro atoms. The lowest BCUT2D eigenvalue weighted by atomic mass is 10.0. The summed E-state index contributed by atoms with van der Waals surface area (Å²) in [4.78, 5) is 25.5. The molecule has 6 nitrogen and oxygen atoms in total. The summed E-state index contributed by atoms with van der Waals surface area (Å²) in [7, 11) is 0. The van der Waals surface area contributed by atoms with Crippen LogP contribution in [-0.2, 0) is 15.3 Å². The maximum Gasteiger partial charge on any atom is 0.416 e. The molecule has 0 atom stereocenters. The minimum atomic E-state index is -4.57. The number of amides is 3. The Hall–Kier alpha value is -3.26. The number of hydrogen-bond donors (Lipinski definition) is 3. The number of rotatable bonds is 6. The number of benzene rings is 2. The molecule has 1 aliphatic rings. The molecule has 0 saturated heterocycles. The predicted molar refractivity (Wildman–Crippen MR) is 133 cm³/mol. The zero-order chi connectivity index (χ0) is 26.1. The number of urea groups is 1. The second-order valence-electron chi connectivity index (χ2n) is 8.15. The first-order chi connectivity index (χ1) is 16.9. The number of hydrogen-bond acceptors (Lipinski definition) is 4. The van der Waals surface area contributed by atoms with E-state index in [-0.39, 0.29) is 16.9 Å². The van der Waals surface area contributed by atoms with Crippen molar-refractivity contribution in [2.75, 3.05) is 10.6 Å². The third-order valence-electron chi connectivity index (χ3n) is 5.51. The van der Waals surface area contributed by atoms with Crippen LogP contribution in [0.4, 0.5) is 29.3 Å². The Balaban J connectivity index is 1.61. The van der Waals surface area contributed by atoms with Gasteiger partial charge in [-0.05, 0) is 65.1 Å². The minimum absolute atomic E-state index is 0.0646. The number of nitrogens with zero attached hydrogens (tertiary/aromatic N) is 1. The van der Waals surface area contributed by atoms with Gasteiger partial charge in [0.2, 0.25) is 4.33 Å². The third kappa shape index (κ3) is 5.59. The number of anilines is 2. The number of nitrogens with one attached hydrogen (secondary N) is 3. The van der Waals surface area contributed by atoms with Crippen LogP contribution >= 0.6 is 34.5 Å². The second-order valence-corrected chi connectivity index (χ2v) is 10.3. The van der Waals surface area contributed by atoms with Crippen molar-refractivity contribution in [3.8, 4) is 17.2 Å². The quantitative estimate of drug-likeness (QED) is 0.291. The summed E-state index contributed by atoms with van der Waals surface area (Å²) >= 11 is 14.2. The van der Waals surface area contributed by atoms with Gasteiger partial charge >= 0.3 is 12.2 Å². The van der Waals surface area contributed by atoms with Gasteiger partial charge in [-0.25, -0.2) is 4.79 Å². The molecule has 1 aliphatic carbocycles. The van der Waals surface area contributed by atoms with Gasteiger partial charge in [-0.3, -0.25) is 4.79 Å². The monoisotopic (exact) mass is 552 g/mol. The van der Waals surface area contributed by atoms with E-state index in [1.807, 2.05) is 16.8 Å². The topological polar surface area (TPSA) is 94.0 Å². The molecule has 186 valence electrons. The van der Waals surface area contributed by atoms with Gasteiger partial charge in [-0.2, -0.15) is 29.8 Å². The Morgan fingerprint density at radius 2 is 1.78 bits per heavy atom. The lowest BCUT2D eigenvalue weighted by molar-refractivity contribution is -0.137. The molecule has 3 amide bonds. The smallest absolute Gasteiger partial charge is 0.335 e. The molecule has 0 radical (unpaired) electrons. The van der Waals surface area contributed by atoms with E-state index in [1.54, 1.807) is 12.1 Å². The predicted octanol–water partition coefficient (Wildman–Crippen LogP) is 6.88. The standard InChI is InChI=1S/C24H17Cl2F3N4O2S/c25-23(26,20(34)33-22(13-30)7-8-22)15-4-5-18(14-6-9-36-12-14)19(11-15)32-21(35)31-17-3-1-2-16(10-17)24(27,28)29/h1-6,9-12H,7-8H2,(H,33,34)(H2,31,32,35). The molecule has 1 fully saturated rings. The van der Waals surface area contributed by atoms with Crippen molar-refractivity contribution in [1.82, 2.24) is 5.32 Å². The largest absolute Gasteiger partial charge is 0.416 e. The van der Waals surface area contributed by atoms with Crippen molar-refractivity contribution in [2.45, 2.75) is 28.9 Å². The summed E-state index contributed by atoms with van der Waals surface area (Å²) in [6.45, 7) is 0. The summed E-state index contributed by atoms with van der Waals surface area (Å²) in [5, 5.41) is 20.4. The molecular weight excluding hydrogens is 536 g/mol. The number of nitriles is 1. The maximum atomic E-state index is 13.0. The SMILES string of the molecule is N#CC1(NC(=O)C(Cl)(Cl)c2ccc(-c3ccsc3)c(NC(=O)Nc3cccc(C(F)(F)F)c3)c2)CC1. The summed E-state index contributed by atoms with van der Waals surface area (Å²) in [6.07, 6.45) is -3.60. The van der Waals surface area contributed by atoms with Gasteiger partial charge in [0.15, 0.2) is 0 Å². The first-order valence-electron chi connectivity index (χ1n) is 10.5. The Morgan fingerprint density at radius 1 is 1.03 bits per heavy atom. The van der Waals surface area contributed by atoms with E-state index in [1.165, 1.54) is 35.6 Å². The van der Waals surface area contributed by atoms with E-state index < -0.39 is 33.6 Å². The Morgan fingerprint density at radius 3 is 2.39 bits per heavy atom. The Bertz CT molecular complexity index is 1350. The van der Waals surface area contributed by atoms with E-state index in [0.29, 0.717) is 18.4 Å². The summed E-state index contributed by atoms with van der Waals surface area (Å²) in [6, 6.07) is 11.8. The summed E-state index contributed by atoms with van der Waals surface area (Å²) < 4.78 is 37.0. The number of carbonyl (C=O) groups excluding carboxylic acids is 2. The molecule has 0 aliphatic heterocycles. The van der Waals surface area contributed by atoms with Crippen molar-refractivity contribution in [1.29, 1.82) is 5.26 Å². The second kappa shape index (κ2) is 9.65.